The molecule has 0 fully saturated rings. The molecule has 39 heavy (non-hydrogen) atoms. The number of aromatic nitrogens is 1. The van der Waals surface area contributed by atoms with E-state index in [-0.39, 0.29) is 24.8 Å². The fraction of sp³-hybridized carbons (Fsp3) is 0.393. The summed E-state index contributed by atoms with van der Waals surface area (Å²) in [5.74, 6) is -0.0532. The van der Waals surface area contributed by atoms with Gasteiger partial charge >= 0.3 is 6.09 Å². The average molecular weight is 577 g/mol. The molecule has 3 rings (SSSR count). The van der Waals surface area contributed by atoms with E-state index in [9.17, 15) is 14.0 Å². The zero-order valence-corrected chi connectivity index (χ0v) is 24.4. The van der Waals surface area contributed by atoms with Gasteiger partial charge in [-0.1, -0.05) is 11.6 Å². The van der Waals surface area contributed by atoms with Gasteiger partial charge in [-0.2, -0.15) is 0 Å². The first-order valence-corrected chi connectivity index (χ1v) is 13.8. The molecule has 0 spiro atoms. The summed E-state index contributed by atoms with van der Waals surface area (Å²) in [4.78, 5) is 32.1. The summed E-state index contributed by atoms with van der Waals surface area (Å²) in [6.45, 7) is 8.27. The fourth-order valence-electron chi connectivity index (χ4n) is 3.74. The molecule has 0 unspecified atom stereocenters. The van der Waals surface area contributed by atoms with Crippen molar-refractivity contribution < 1.29 is 23.5 Å². The predicted molar refractivity (Wildman–Crippen MR) is 152 cm³/mol. The molecule has 11 heteroatoms. The molecular weight excluding hydrogens is 543 g/mol. The molecule has 0 saturated heterocycles. The minimum absolute atomic E-state index is 0.110. The quantitative estimate of drug-likeness (QED) is 0.320. The Morgan fingerprint density at radius 2 is 1.90 bits per heavy atom. The van der Waals surface area contributed by atoms with Crippen LogP contribution in [0, 0.1) is 5.82 Å². The van der Waals surface area contributed by atoms with E-state index < -0.39 is 11.7 Å². The number of nitrogens with zero attached hydrogens (tertiary/aromatic N) is 3. The van der Waals surface area contributed by atoms with Crippen LogP contribution in [-0.4, -0.2) is 53.8 Å². The first-order chi connectivity index (χ1) is 18.5. The number of likely N-dealkylation sites (N-methyl/N-ethyl adjacent to an activating group) is 1. The third-order valence-electron chi connectivity index (χ3n) is 5.47. The molecule has 0 radical (unpaired) electrons. The van der Waals surface area contributed by atoms with Gasteiger partial charge in [0.25, 0.3) is 0 Å². The van der Waals surface area contributed by atoms with Gasteiger partial charge in [-0.25, -0.2) is 14.2 Å². The van der Waals surface area contributed by atoms with E-state index >= 15 is 0 Å². The van der Waals surface area contributed by atoms with Crippen LogP contribution >= 0.6 is 22.9 Å². The van der Waals surface area contributed by atoms with E-state index in [0.717, 1.165) is 11.3 Å². The number of carbonyl (C=O) groups is 2. The molecule has 2 aromatic carbocycles. The van der Waals surface area contributed by atoms with Crippen molar-refractivity contribution in [3.05, 3.63) is 63.5 Å². The highest BCUT2D eigenvalue weighted by Gasteiger charge is 2.24. The van der Waals surface area contributed by atoms with Crippen LogP contribution in [0.15, 0.2) is 52.8 Å². The second kappa shape index (κ2) is 13.6. The van der Waals surface area contributed by atoms with Crippen LogP contribution in [0.25, 0.3) is 11.3 Å². The van der Waals surface area contributed by atoms with E-state index in [0.29, 0.717) is 40.8 Å². The number of ether oxygens (including phenoxy) is 2. The monoisotopic (exact) mass is 576 g/mol. The Morgan fingerprint density at radius 3 is 2.54 bits per heavy atom. The molecule has 8 nitrogen and oxygen atoms in total. The number of hydrogen-bond donors (Lipinski definition) is 1. The van der Waals surface area contributed by atoms with Crippen molar-refractivity contribution in [2.45, 2.75) is 46.3 Å². The van der Waals surface area contributed by atoms with Crippen LogP contribution in [0.5, 0.6) is 5.75 Å². The number of rotatable bonds is 10. The van der Waals surface area contributed by atoms with Gasteiger partial charge in [-0.15, -0.1) is 11.3 Å². The van der Waals surface area contributed by atoms with Crippen LogP contribution in [0.2, 0.25) is 5.02 Å². The maximum Gasteiger partial charge on any atom is 0.410 e. The molecule has 1 N–H and O–H groups in total. The van der Waals surface area contributed by atoms with Crippen molar-refractivity contribution in [3.8, 4) is 17.0 Å². The van der Waals surface area contributed by atoms with Crippen LogP contribution in [0.3, 0.4) is 0 Å². The van der Waals surface area contributed by atoms with E-state index in [1.165, 1.54) is 28.4 Å². The molecule has 0 aliphatic rings. The van der Waals surface area contributed by atoms with Crippen molar-refractivity contribution >= 4 is 40.6 Å². The largest absolute Gasteiger partial charge is 0.494 e. The second-order valence-corrected chi connectivity index (χ2v) is 11.0. The normalized spacial score (nSPS) is 11.8. The molecule has 1 aromatic heterocycles. The molecule has 0 atom stereocenters. The van der Waals surface area contributed by atoms with Gasteiger partial charge in [-0.05, 0) is 76.1 Å². The highest BCUT2D eigenvalue weighted by Crippen LogP contribution is 2.30. The predicted octanol–water partition coefficient (Wildman–Crippen LogP) is 6.01. The highest BCUT2D eigenvalue weighted by molar-refractivity contribution is 7.07. The highest BCUT2D eigenvalue weighted by atomic mass is 35.5. The Labute approximate surface area is 237 Å². The second-order valence-electron chi connectivity index (χ2n) is 9.70. The third kappa shape index (κ3) is 8.83. The maximum absolute atomic E-state index is 13.6. The summed E-state index contributed by atoms with van der Waals surface area (Å²) in [6.07, 6.45) is -0.0484. The van der Waals surface area contributed by atoms with E-state index in [1.807, 2.05) is 16.9 Å². The van der Waals surface area contributed by atoms with Crippen LogP contribution < -0.4 is 14.9 Å². The van der Waals surface area contributed by atoms with Crippen LogP contribution in [0.4, 0.5) is 14.9 Å². The van der Waals surface area contributed by atoms with Gasteiger partial charge in [-0.3, -0.25) is 9.69 Å². The first kappa shape index (κ1) is 30.2. The molecule has 0 saturated carbocycles. The lowest BCUT2D eigenvalue weighted by atomic mass is 10.1. The van der Waals surface area contributed by atoms with Crippen LogP contribution in [-0.2, 0) is 16.1 Å². The maximum atomic E-state index is 13.6. The van der Waals surface area contributed by atoms with Crippen molar-refractivity contribution in [2.24, 2.45) is 4.99 Å². The van der Waals surface area contributed by atoms with Gasteiger partial charge in [0.05, 0.1) is 12.8 Å². The van der Waals surface area contributed by atoms with E-state index in [4.69, 9.17) is 26.1 Å². The lowest BCUT2D eigenvalue weighted by Gasteiger charge is -2.27. The summed E-state index contributed by atoms with van der Waals surface area (Å²) in [5, 5.41) is 5.21. The van der Waals surface area contributed by atoms with Crippen molar-refractivity contribution in [1.82, 2.24) is 14.8 Å². The Morgan fingerprint density at radius 1 is 1.18 bits per heavy atom. The van der Waals surface area contributed by atoms with Gasteiger partial charge in [0, 0.05) is 36.1 Å². The fourth-order valence-corrected chi connectivity index (χ4v) is 4.85. The number of benzene rings is 2. The summed E-state index contributed by atoms with van der Waals surface area (Å²) in [7, 11) is 1.55. The Balaban J connectivity index is 1.94. The molecular formula is C28H34ClFN4O4S. The minimum atomic E-state index is -0.696. The number of carbonyl (C=O) groups excluding carboxylic acids is 2. The van der Waals surface area contributed by atoms with Crippen molar-refractivity contribution in [2.75, 3.05) is 26.7 Å². The first-order valence-electron chi connectivity index (χ1n) is 12.6. The summed E-state index contributed by atoms with van der Waals surface area (Å²) in [6, 6.07) is 11.5. The summed E-state index contributed by atoms with van der Waals surface area (Å²) < 4.78 is 26.6. The summed E-state index contributed by atoms with van der Waals surface area (Å²) in [5.41, 5.74) is 1.58. The third-order valence-corrected chi connectivity index (χ3v) is 6.56. The lowest BCUT2D eigenvalue weighted by Crippen LogP contribution is -2.43. The van der Waals surface area contributed by atoms with Gasteiger partial charge in [0.2, 0.25) is 5.91 Å². The molecule has 0 aliphatic carbocycles. The zero-order chi connectivity index (χ0) is 28.6. The number of nitrogens with one attached hydrogen (secondary N) is 1. The molecule has 210 valence electrons. The van der Waals surface area contributed by atoms with Gasteiger partial charge in [0.1, 0.15) is 29.4 Å². The number of thiazole rings is 1. The standard InChI is InChI=1S/C28H34ClFN4O4S/c1-6-31-25(35)17-33(27(36)38-28(2,3)4)14-7-15-34-23(19-8-11-21(30)12-9-19)18-39-26(34)32-22-13-10-20(29)16-24(22)37-5/h8-13,16,18H,6-7,14-15,17H2,1-5H3,(H,31,35). The number of halogens is 2. The van der Waals surface area contributed by atoms with Crippen molar-refractivity contribution in [3.63, 3.8) is 0 Å². The molecule has 1 heterocycles. The van der Waals surface area contributed by atoms with Gasteiger partial charge < -0.3 is 19.4 Å². The van der Waals surface area contributed by atoms with Crippen LogP contribution in [0.1, 0.15) is 34.1 Å². The molecule has 0 aliphatic heterocycles. The van der Waals surface area contributed by atoms with E-state index in [2.05, 4.69) is 5.32 Å². The molecule has 3 aromatic rings. The zero-order valence-electron chi connectivity index (χ0n) is 22.8. The molecule has 2 amide bonds. The summed E-state index contributed by atoms with van der Waals surface area (Å²) >= 11 is 7.55. The average Bonchev–Trinajstić information content (AvgIpc) is 3.26. The number of hydrogen-bond acceptors (Lipinski definition) is 6. The number of amides is 2. The SMILES string of the molecule is CCNC(=O)CN(CCCn1c(-c2ccc(F)cc2)csc1=Nc1ccc(Cl)cc1OC)C(=O)OC(C)(C)C. The van der Waals surface area contributed by atoms with Gasteiger partial charge in [0.15, 0.2) is 4.80 Å². The Kier molecular flexibility index (Phi) is 10.5. The minimum Gasteiger partial charge on any atom is -0.494 e. The Hall–Kier alpha value is -3.37. The topological polar surface area (TPSA) is 85.2 Å². The van der Waals surface area contributed by atoms with E-state index in [1.54, 1.807) is 58.2 Å². The number of methoxy groups -OCH3 is 1. The lowest BCUT2D eigenvalue weighted by molar-refractivity contribution is -0.122. The van der Waals surface area contributed by atoms with Crippen molar-refractivity contribution in [1.29, 1.82) is 0 Å². The Bertz CT molecular complexity index is 1350. The smallest absolute Gasteiger partial charge is 0.410 e. The molecule has 0 bridgehead atoms.